The highest BCUT2D eigenvalue weighted by Gasteiger charge is 2.27. The second-order valence-corrected chi connectivity index (χ2v) is 7.14. The van der Waals surface area contributed by atoms with Gasteiger partial charge in [-0.15, -0.1) is 0 Å². The second kappa shape index (κ2) is 9.85. The molecule has 1 fully saturated rings. The molecule has 3 atom stereocenters. The van der Waals surface area contributed by atoms with E-state index in [9.17, 15) is 10.2 Å². The molecule has 1 saturated heterocycles. The predicted octanol–water partition coefficient (Wildman–Crippen LogP) is 2.52. The summed E-state index contributed by atoms with van der Waals surface area (Å²) in [6, 6.07) is 17.0. The lowest BCUT2D eigenvalue weighted by Gasteiger charge is -2.32. The lowest BCUT2D eigenvalue weighted by Crippen LogP contribution is -2.46. The first-order valence-electron chi connectivity index (χ1n) is 9.67. The van der Waals surface area contributed by atoms with E-state index in [0.29, 0.717) is 0 Å². The van der Waals surface area contributed by atoms with Gasteiger partial charge < -0.3 is 25.2 Å². The topological polar surface area (TPSA) is 65.0 Å². The van der Waals surface area contributed by atoms with E-state index in [-0.39, 0.29) is 18.7 Å². The highest BCUT2D eigenvalue weighted by molar-refractivity contribution is 5.29. The van der Waals surface area contributed by atoms with Gasteiger partial charge >= 0.3 is 0 Å². The summed E-state index contributed by atoms with van der Waals surface area (Å²) in [7, 11) is 1.63. The molecule has 0 amide bonds. The first kappa shape index (κ1) is 19.8. The van der Waals surface area contributed by atoms with Crippen LogP contribution in [0.1, 0.15) is 36.1 Å². The molecule has 0 radical (unpaired) electrons. The summed E-state index contributed by atoms with van der Waals surface area (Å²) < 4.78 is 5.22. The Morgan fingerprint density at radius 2 is 1.67 bits per heavy atom. The number of rotatable bonds is 9. The van der Waals surface area contributed by atoms with Gasteiger partial charge in [0.05, 0.1) is 31.9 Å². The van der Waals surface area contributed by atoms with E-state index in [1.807, 2.05) is 54.6 Å². The summed E-state index contributed by atoms with van der Waals surface area (Å²) in [6.45, 7) is 2.84. The van der Waals surface area contributed by atoms with Crippen LogP contribution in [-0.4, -0.2) is 54.5 Å². The number of likely N-dealkylation sites (tertiary alicyclic amines) is 1. The number of aliphatic hydroxyl groups excluding tert-OH is 2. The van der Waals surface area contributed by atoms with E-state index < -0.39 is 6.10 Å². The third-order valence-electron chi connectivity index (χ3n) is 5.29. The molecule has 0 saturated carbocycles. The van der Waals surface area contributed by atoms with Crippen molar-refractivity contribution < 1.29 is 14.9 Å². The van der Waals surface area contributed by atoms with Crippen LogP contribution in [0.2, 0.25) is 0 Å². The number of ether oxygens (including phenoxy) is 1. The molecule has 0 bridgehead atoms. The van der Waals surface area contributed by atoms with Gasteiger partial charge in [-0.2, -0.15) is 0 Å². The van der Waals surface area contributed by atoms with E-state index in [4.69, 9.17) is 4.74 Å². The maximum atomic E-state index is 11.1. The minimum Gasteiger partial charge on any atom is -0.497 e. The molecule has 5 nitrogen and oxygen atoms in total. The number of methoxy groups -OCH3 is 1. The van der Waals surface area contributed by atoms with E-state index in [1.165, 1.54) is 12.8 Å². The zero-order valence-corrected chi connectivity index (χ0v) is 15.9. The average Bonchev–Trinajstić information content (AvgIpc) is 3.24. The van der Waals surface area contributed by atoms with Gasteiger partial charge in [-0.25, -0.2) is 0 Å². The van der Waals surface area contributed by atoms with Crippen LogP contribution in [0.25, 0.3) is 0 Å². The molecule has 27 heavy (non-hydrogen) atoms. The third kappa shape index (κ3) is 5.30. The Morgan fingerprint density at radius 1 is 1.00 bits per heavy atom. The monoisotopic (exact) mass is 370 g/mol. The van der Waals surface area contributed by atoms with Crippen molar-refractivity contribution in [3.63, 3.8) is 0 Å². The second-order valence-electron chi connectivity index (χ2n) is 7.14. The van der Waals surface area contributed by atoms with Crippen molar-refractivity contribution in [2.45, 2.75) is 31.0 Å². The first-order valence-corrected chi connectivity index (χ1v) is 9.67. The summed E-state index contributed by atoms with van der Waals surface area (Å²) in [6.07, 6.45) is 1.73. The van der Waals surface area contributed by atoms with E-state index in [1.54, 1.807) is 7.11 Å². The van der Waals surface area contributed by atoms with Crippen molar-refractivity contribution in [3.05, 3.63) is 65.7 Å². The minimum absolute atomic E-state index is 0.0180. The van der Waals surface area contributed by atoms with Gasteiger partial charge in [-0.3, -0.25) is 0 Å². The van der Waals surface area contributed by atoms with E-state index in [0.717, 1.165) is 36.5 Å². The zero-order valence-electron chi connectivity index (χ0n) is 15.9. The Balaban J connectivity index is 1.78. The normalized spacial score (nSPS) is 18.2. The van der Waals surface area contributed by atoms with Crippen molar-refractivity contribution in [3.8, 4) is 5.75 Å². The summed E-state index contributed by atoms with van der Waals surface area (Å²) in [4.78, 5) is 2.38. The average molecular weight is 370 g/mol. The number of nitrogens with one attached hydrogen (secondary N) is 1. The molecule has 0 aromatic heterocycles. The lowest BCUT2D eigenvalue weighted by atomic mass is 9.99. The molecule has 1 heterocycles. The SMILES string of the molecule is COc1ccc([C@@H](O)[C@@H](CN2CCCC2)NC(CO)c2ccccc2)cc1. The molecular weight excluding hydrogens is 340 g/mol. The number of nitrogens with zero attached hydrogens (tertiary/aromatic N) is 1. The molecule has 1 unspecified atom stereocenters. The van der Waals surface area contributed by atoms with Gasteiger partial charge in [0, 0.05) is 6.54 Å². The molecule has 1 aliphatic rings. The van der Waals surface area contributed by atoms with Crippen LogP contribution in [-0.2, 0) is 0 Å². The van der Waals surface area contributed by atoms with Crippen LogP contribution in [0.4, 0.5) is 0 Å². The van der Waals surface area contributed by atoms with Gasteiger partial charge in [0.15, 0.2) is 0 Å². The summed E-state index contributed by atoms with van der Waals surface area (Å²) >= 11 is 0. The first-order chi connectivity index (χ1) is 13.2. The van der Waals surface area contributed by atoms with Gasteiger partial charge in [0.2, 0.25) is 0 Å². The van der Waals surface area contributed by atoms with Crippen molar-refractivity contribution in [1.82, 2.24) is 10.2 Å². The lowest BCUT2D eigenvalue weighted by molar-refractivity contribution is 0.0915. The molecule has 0 aliphatic carbocycles. The van der Waals surface area contributed by atoms with Gasteiger partial charge in [0.1, 0.15) is 5.75 Å². The number of hydrogen-bond acceptors (Lipinski definition) is 5. The predicted molar refractivity (Wildman–Crippen MR) is 107 cm³/mol. The summed E-state index contributed by atoms with van der Waals surface area (Å²) in [5.74, 6) is 0.771. The fourth-order valence-electron chi connectivity index (χ4n) is 3.72. The Morgan fingerprint density at radius 3 is 2.26 bits per heavy atom. The maximum absolute atomic E-state index is 11.1. The van der Waals surface area contributed by atoms with Crippen LogP contribution in [0, 0.1) is 0 Å². The molecule has 1 aliphatic heterocycles. The molecule has 5 heteroatoms. The van der Waals surface area contributed by atoms with Gasteiger partial charge in [0.25, 0.3) is 0 Å². The Labute approximate surface area is 161 Å². The smallest absolute Gasteiger partial charge is 0.118 e. The fraction of sp³-hybridized carbons (Fsp3) is 0.455. The highest BCUT2D eigenvalue weighted by atomic mass is 16.5. The van der Waals surface area contributed by atoms with Crippen LogP contribution in [0.5, 0.6) is 5.75 Å². The van der Waals surface area contributed by atoms with Crippen LogP contribution in [0.3, 0.4) is 0 Å². The molecule has 3 N–H and O–H groups in total. The maximum Gasteiger partial charge on any atom is 0.118 e. The number of aliphatic hydroxyl groups is 2. The molecule has 2 aromatic rings. The van der Waals surface area contributed by atoms with Gasteiger partial charge in [-0.1, -0.05) is 42.5 Å². The van der Waals surface area contributed by atoms with E-state index in [2.05, 4.69) is 10.2 Å². The summed E-state index contributed by atoms with van der Waals surface area (Å²) in [5, 5.41) is 24.5. The van der Waals surface area contributed by atoms with Gasteiger partial charge in [-0.05, 0) is 49.2 Å². The zero-order chi connectivity index (χ0) is 19.1. The molecule has 2 aromatic carbocycles. The molecule has 0 spiro atoms. The van der Waals surface area contributed by atoms with Crippen LogP contribution >= 0.6 is 0 Å². The number of benzene rings is 2. The Kier molecular flexibility index (Phi) is 7.24. The van der Waals surface area contributed by atoms with Crippen molar-refractivity contribution in [2.24, 2.45) is 0 Å². The largest absolute Gasteiger partial charge is 0.497 e. The van der Waals surface area contributed by atoms with Crippen molar-refractivity contribution in [1.29, 1.82) is 0 Å². The van der Waals surface area contributed by atoms with Crippen molar-refractivity contribution >= 4 is 0 Å². The molecule has 3 rings (SSSR count). The third-order valence-corrected chi connectivity index (χ3v) is 5.29. The number of hydrogen-bond donors (Lipinski definition) is 3. The Bertz CT molecular complexity index is 672. The van der Waals surface area contributed by atoms with Crippen LogP contribution < -0.4 is 10.1 Å². The quantitative estimate of drug-likeness (QED) is 0.633. The standard InChI is InChI=1S/C22H30N2O3/c1-27-19-11-9-18(10-12-19)22(26)20(15-24-13-5-6-14-24)23-21(16-25)17-7-3-2-4-8-17/h2-4,7-12,20-23,25-26H,5-6,13-16H2,1H3/t20-,21?,22-/m1/s1. The van der Waals surface area contributed by atoms with E-state index >= 15 is 0 Å². The molecular formula is C22H30N2O3. The minimum atomic E-state index is -0.672. The summed E-state index contributed by atoms with van der Waals surface area (Å²) in [5.41, 5.74) is 1.87. The Hall–Kier alpha value is -1.92. The molecule has 146 valence electrons. The van der Waals surface area contributed by atoms with Crippen LogP contribution in [0.15, 0.2) is 54.6 Å². The van der Waals surface area contributed by atoms with Crippen molar-refractivity contribution in [2.75, 3.05) is 33.4 Å². The fourth-order valence-corrected chi connectivity index (χ4v) is 3.72. The highest BCUT2D eigenvalue weighted by Crippen LogP contribution is 2.24.